The Hall–Kier alpha value is -2.09. The first-order chi connectivity index (χ1) is 10.7. The Morgan fingerprint density at radius 3 is 2.57 bits per heavy atom. The minimum absolute atomic E-state index is 0.0422. The molecule has 128 valence electrons. The molecule has 0 fully saturated rings. The summed E-state index contributed by atoms with van der Waals surface area (Å²) in [5, 5.41) is 16.2. The van der Waals surface area contributed by atoms with Crippen LogP contribution in [0.1, 0.15) is 49.5 Å². The molecule has 0 aliphatic rings. The largest absolute Gasteiger partial charge is 0.481 e. The summed E-state index contributed by atoms with van der Waals surface area (Å²) in [6.07, 6.45) is 0.253. The first-order valence-corrected chi connectivity index (χ1v) is 8.10. The van der Waals surface area contributed by atoms with Gasteiger partial charge in [0.25, 0.3) is 0 Å². The number of carboxylic acids is 1. The fourth-order valence-electron chi connectivity index (χ4n) is 1.92. The van der Waals surface area contributed by atoms with Crippen molar-refractivity contribution in [3.8, 4) is 0 Å². The molecule has 1 aromatic rings. The first kappa shape index (κ1) is 19.0. The molecule has 0 radical (unpaired) electrons. The predicted octanol–water partition coefficient (Wildman–Crippen LogP) is 3.00. The van der Waals surface area contributed by atoms with E-state index in [2.05, 4.69) is 10.6 Å². The van der Waals surface area contributed by atoms with E-state index >= 15 is 0 Å². The summed E-state index contributed by atoms with van der Waals surface area (Å²) in [4.78, 5) is 34.7. The van der Waals surface area contributed by atoms with Crippen molar-refractivity contribution in [1.29, 1.82) is 0 Å². The van der Waals surface area contributed by atoms with Crippen LogP contribution in [0, 0.1) is 6.92 Å². The maximum atomic E-state index is 12.1. The third kappa shape index (κ3) is 5.90. The van der Waals surface area contributed by atoms with Crippen LogP contribution >= 0.6 is 11.3 Å². The van der Waals surface area contributed by atoms with Crippen molar-refractivity contribution in [3.05, 3.63) is 16.5 Å². The molecule has 0 aliphatic carbocycles. The standard InChI is InChI=1S/C15H22N2O5S/c1-5-22-13(20)11-9(2)8-23-12(11)16-14(21)17-15(3,4)7-6-10(18)19/h8H,5-7H2,1-4H3,(H,18,19)(H2,16,17,21). The van der Waals surface area contributed by atoms with E-state index in [9.17, 15) is 14.4 Å². The zero-order valence-electron chi connectivity index (χ0n) is 13.7. The topological polar surface area (TPSA) is 105 Å². The molecule has 7 nitrogen and oxygen atoms in total. The van der Waals surface area contributed by atoms with Crippen LogP contribution in [0.4, 0.5) is 9.80 Å². The Kier molecular flexibility index (Phi) is 6.56. The maximum Gasteiger partial charge on any atom is 0.341 e. The number of aryl methyl sites for hydroxylation is 1. The SMILES string of the molecule is CCOC(=O)c1c(C)csc1NC(=O)NC(C)(C)CCC(=O)O. The molecule has 1 rings (SSSR count). The van der Waals surface area contributed by atoms with Crippen molar-refractivity contribution < 1.29 is 24.2 Å². The molecule has 23 heavy (non-hydrogen) atoms. The average Bonchev–Trinajstić information content (AvgIpc) is 2.77. The number of hydrogen-bond acceptors (Lipinski definition) is 5. The zero-order valence-corrected chi connectivity index (χ0v) is 14.5. The summed E-state index contributed by atoms with van der Waals surface area (Å²) in [5.41, 5.74) is 0.392. The number of ether oxygens (including phenoxy) is 1. The Morgan fingerprint density at radius 1 is 1.35 bits per heavy atom. The van der Waals surface area contributed by atoms with Gasteiger partial charge in [-0.3, -0.25) is 10.1 Å². The summed E-state index contributed by atoms with van der Waals surface area (Å²) in [5.74, 6) is -1.40. The molecule has 0 unspecified atom stereocenters. The number of carbonyl (C=O) groups is 3. The highest BCUT2D eigenvalue weighted by Crippen LogP contribution is 2.28. The number of carboxylic acid groups (broad SMARTS) is 1. The lowest BCUT2D eigenvalue weighted by molar-refractivity contribution is -0.137. The van der Waals surface area contributed by atoms with E-state index in [1.165, 1.54) is 11.3 Å². The summed E-state index contributed by atoms with van der Waals surface area (Å²) in [7, 11) is 0. The van der Waals surface area contributed by atoms with Crippen LogP contribution in [-0.4, -0.2) is 35.2 Å². The number of nitrogens with one attached hydrogen (secondary N) is 2. The second-order valence-corrected chi connectivity index (χ2v) is 6.58. The second kappa shape index (κ2) is 7.96. The van der Waals surface area contributed by atoms with Crippen molar-refractivity contribution in [2.24, 2.45) is 0 Å². The molecule has 0 saturated heterocycles. The number of urea groups is 1. The van der Waals surface area contributed by atoms with Gasteiger partial charge in [0, 0.05) is 12.0 Å². The summed E-state index contributed by atoms with van der Waals surface area (Å²) < 4.78 is 4.99. The molecule has 1 heterocycles. The van der Waals surface area contributed by atoms with Crippen LogP contribution < -0.4 is 10.6 Å². The molecule has 0 atom stereocenters. The van der Waals surface area contributed by atoms with E-state index in [-0.39, 0.29) is 13.0 Å². The molecular weight excluding hydrogens is 320 g/mol. The number of rotatable bonds is 7. The van der Waals surface area contributed by atoms with Gasteiger partial charge in [-0.25, -0.2) is 9.59 Å². The van der Waals surface area contributed by atoms with E-state index in [1.54, 1.807) is 33.1 Å². The normalized spacial score (nSPS) is 11.0. The molecule has 2 amide bonds. The third-order valence-corrected chi connectivity index (χ3v) is 4.11. The third-order valence-electron chi connectivity index (χ3n) is 3.10. The highest BCUT2D eigenvalue weighted by atomic mass is 32.1. The van der Waals surface area contributed by atoms with E-state index < -0.39 is 23.5 Å². The number of hydrogen-bond donors (Lipinski definition) is 3. The van der Waals surface area contributed by atoms with Crippen LogP contribution in [0.25, 0.3) is 0 Å². The van der Waals surface area contributed by atoms with Gasteiger partial charge in [0.05, 0.1) is 12.2 Å². The number of amides is 2. The van der Waals surface area contributed by atoms with Crippen molar-refractivity contribution in [1.82, 2.24) is 5.32 Å². The Labute approximate surface area is 139 Å². The zero-order chi connectivity index (χ0) is 17.6. The van der Waals surface area contributed by atoms with E-state index in [4.69, 9.17) is 9.84 Å². The minimum Gasteiger partial charge on any atom is -0.481 e. The van der Waals surface area contributed by atoms with Gasteiger partial charge in [-0.15, -0.1) is 11.3 Å². The van der Waals surface area contributed by atoms with Crippen LogP contribution in [-0.2, 0) is 9.53 Å². The minimum atomic E-state index is -0.918. The summed E-state index contributed by atoms with van der Waals surface area (Å²) in [6.45, 7) is 7.21. The van der Waals surface area contributed by atoms with Gasteiger partial charge in [-0.1, -0.05) is 0 Å². The Balaban J connectivity index is 2.75. The number of aliphatic carboxylic acids is 1. The molecule has 0 spiro atoms. The van der Waals surface area contributed by atoms with E-state index in [0.717, 1.165) is 5.56 Å². The molecule has 8 heteroatoms. The second-order valence-electron chi connectivity index (χ2n) is 5.70. The van der Waals surface area contributed by atoms with Gasteiger partial charge in [0.1, 0.15) is 5.00 Å². The predicted molar refractivity (Wildman–Crippen MR) is 88.1 cm³/mol. The first-order valence-electron chi connectivity index (χ1n) is 7.22. The number of carbonyl (C=O) groups excluding carboxylic acids is 2. The molecule has 0 aliphatic heterocycles. The highest BCUT2D eigenvalue weighted by Gasteiger charge is 2.24. The van der Waals surface area contributed by atoms with Crippen molar-refractivity contribution in [2.75, 3.05) is 11.9 Å². The smallest absolute Gasteiger partial charge is 0.341 e. The number of esters is 1. The van der Waals surface area contributed by atoms with Gasteiger partial charge >= 0.3 is 18.0 Å². The number of anilines is 1. The average molecular weight is 342 g/mol. The molecule has 1 aromatic heterocycles. The fourth-order valence-corrected chi connectivity index (χ4v) is 2.84. The van der Waals surface area contributed by atoms with Gasteiger partial charge in [-0.2, -0.15) is 0 Å². The highest BCUT2D eigenvalue weighted by molar-refractivity contribution is 7.15. The van der Waals surface area contributed by atoms with Crippen molar-refractivity contribution >= 4 is 34.3 Å². The van der Waals surface area contributed by atoms with Crippen molar-refractivity contribution in [2.45, 2.75) is 46.1 Å². The van der Waals surface area contributed by atoms with Crippen LogP contribution in [0.5, 0.6) is 0 Å². The van der Waals surface area contributed by atoms with Crippen LogP contribution in [0.15, 0.2) is 5.38 Å². The monoisotopic (exact) mass is 342 g/mol. The van der Waals surface area contributed by atoms with Crippen LogP contribution in [0.3, 0.4) is 0 Å². The Morgan fingerprint density at radius 2 is 2.00 bits per heavy atom. The van der Waals surface area contributed by atoms with Gasteiger partial charge in [0.2, 0.25) is 0 Å². The number of thiophene rings is 1. The van der Waals surface area contributed by atoms with E-state index in [1.807, 2.05) is 0 Å². The molecular formula is C15H22N2O5S. The van der Waals surface area contributed by atoms with Crippen molar-refractivity contribution in [3.63, 3.8) is 0 Å². The quantitative estimate of drug-likeness (QED) is 0.661. The maximum absolute atomic E-state index is 12.1. The summed E-state index contributed by atoms with van der Waals surface area (Å²) in [6, 6.07) is -0.493. The van der Waals surface area contributed by atoms with Crippen LogP contribution in [0.2, 0.25) is 0 Å². The lowest BCUT2D eigenvalue weighted by Gasteiger charge is -2.25. The van der Waals surface area contributed by atoms with Gasteiger partial charge < -0.3 is 15.2 Å². The van der Waals surface area contributed by atoms with Gasteiger partial charge in [0.15, 0.2) is 0 Å². The molecule has 0 aromatic carbocycles. The lowest BCUT2D eigenvalue weighted by Crippen LogP contribution is -2.45. The molecule has 0 saturated carbocycles. The summed E-state index contributed by atoms with van der Waals surface area (Å²) >= 11 is 1.24. The molecule has 3 N–H and O–H groups in total. The molecule has 0 bridgehead atoms. The Bertz CT molecular complexity index is 595. The van der Waals surface area contributed by atoms with Gasteiger partial charge in [-0.05, 0) is 45.1 Å². The fraction of sp³-hybridized carbons (Fsp3) is 0.533. The lowest BCUT2D eigenvalue weighted by atomic mass is 9.99. The van der Waals surface area contributed by atoms with E-state index in [0.29, 0.717) is 17.0 Å².